The van der Waals surface area contributed by atoms with E-state index in [2.05, 4.69) is 18.7 Å². The van der Waals surface area contributed by atoms with Crippen LogP contribution in [0.15, 0.2) is 0 Å². The van der Waals surface area contributed by atoms with Gasteiger partial charge in [-0.1, -0.05) is 0 Å². The molecule has 4 nitrogen and oxygen atoms in total. The van der Waals surface area contributed by atoms with E-state index in [0.29, 0.717) is 12.0 Å². The molecule has 2 N–H and O–H groups in total. The third kappa shape index (κ3) is 4.09. The van der Waals surface area contributed by atoms with Crippen LogP contribution in [0, 0.1) is 5.92 Å². The molecule has 0 aliphatic carbocycles. The van der Waals surface area contributed by atoms with Crippen LogP contribution in [0.2, 0.25) is 0 Å². The summed E-state index contributed by atoms with van der Waals surface area (Å²) in [5.74, 6) is 0.450. The third-order valence-electron chi connectivity index (χ3n) is 3.09. The van der Waals surface area contributed by atoms with E-state index in [0.717, 1.165) is 19.5 Å². The zero-order chi connectivity index (χ0) is 11.6. The molecule has 2 atom stereocenters. The zero-order valence-corrected chi connectivity index (χ0v) is 10.6. The van der Waals surface area contributed by atoms with Crippen LogP contribution in [0.4, 0.5) is 0 Å². The second-order valence-corrected chi connectivity index (χ2v) is 7.08. The number of rotatable bonds is 4. The largest absolute Gasteiger partial charge is 0.326 e. The first-order valence-corrected chi connectivity index (χ1v) is 7.53. The molecule has 0 aromatic carbocycles. The van der Waals surface area contributed by atoms with Crippen LogP contribution in [-0.2, 0) is 9.84 Å². The standard InChI is InChI=1S/C10H22N2O2S/c1-8(2)12-5-4-9(6-12)10(11)7-15(3,13)14/h8-10H,4-7,11H2,1-3H3. The summed E-state index contributed by atoms with van der Waals surface area (Å²) in [5.41, 5.74) is 5.92. The lowest BCUT2D eigenvalue weighted by molar-refractivity contribution is 0.260. The summed E-state index contributed by atoms with van der Waals surface area (Å²) >= 11 is 0. The molecule has 0 spiro atoms. The van der Waals surface area contributed by atoms with E-state index < -0.39 is 9.84 Å². The summed E-state index contributed by atoms with van der Waals surface area (Å²) in [5, 5.41) is 0. The molecule has 1 rings (SSSR count). The van der Waals surface area contributed by atoms with Crippen molar-refractivity contribution in [2.75, 3.05) is 25.1 Å². The van der Waals surface area contributed by atoms with Gasteiger partial charge in [-0.3, -0.25) is 0 Å². The maximum absolute atomic E-state index is 11.1. The van der Waals surface area contributed by atoms with Gasteiger partial charge in [0, 0.05) is 24.9 Å². The maximum Gasteiger partial charge on any atom is 0.148 e. The number of nitrogens with two attached hydrogens (primary N) is 1. The summed E-state index contributed by atoms with van der Waals surface area (Å²) in [6, 6.07) is 0.323. The van der Waals surface area contributed by atoms with Crippen LogP contribution in [-0.4, -0.2) is 50.5 Å². The first-order chi connectivity index (χ1) is 6.79. The highest BCUT2D eigenvalue weighted by atomic mass is 32.2. The zero-order valence-electron chi connectivity index (χ0n) is 9.81. The van der Waals surface area contributed by atoms with E-state index in [1.54, 1.807) is 0 Å². The van der Waals surface area contributed by atoms with Gasteiger partial charge in [0.2, 0.25) is 0 Å². The van der Waals surface area contributed by atoms with Gasteiger partial charge in [0.1, 0.15) is 9.84 Å². The SMILES string of the molecule is CC(C)N1CCC(C(N)CS(C)(=O)=O)C1. The molecule has 0 bridgehead atoms. The summed E-state index contributed by atoms with van der Waals surface area (Å²) in [6.07, 6.45) is 2.27. The summed E-state index contributed by atoms with van der Waals surface area (Å²) < 4.78 is 22.2. The van der Waals surface area contributed by atoms with Gasteiger partial charge in [0.15, 0.2) is 0 Å². The highest BCUT2D eigenvalue weighted by molar-refractivity contribution is 7.90. The molecule has 0 aromatic rings. The van der Waals surface area contributed by atoms with Crippen molar-refractivity contribution >= 4 is 9.84 Å². The minimum Gasteiger partial charge on any atom is -0.326 e. The highest BCUT2D eigenvalue weighted by Crippen LogP contribution is 2.21. The third-order valence-corrected chi connectivity index (χ3v) is 4.08. The fourth-order valence-corrected chi connectivity index (χ4v) is 3.09. The summed E-state index contributed by atoms with van der Waals surface area (Å²) in [6.45, 7) is 6.29. The molecule has 1 aliphatic heterocycles. The normalized spacial score (nSPS) is 26.1. The monoisotopic (exact) mass is 234 g/mol. The smallest absolute Gasteiger partial charge is 0.148 e. The Labute approximate surface area is 92.7 Å². The van der Waals surface area contributed by atoms with Crippen molar-refractivity contribution in [2.45, 2.75) is 32.4 Å². The molecule has 1 fully saturated rings. The average Bonchev–Trinajstić information content (AvgIpc) is 2.47. The van der Waals surface area contributed by atoms with E-state index in [1.165, 1.54) is 6.26 Å². The molecule has 0 aromatic heterocycles. The van der Waals surface area contributed by atoms with Gasteiger partial charge >= 0.3 is 0 Å². The second-order valence-electron chi connectivity index (χ2n) is 4.89. The molecule has 1 aliphatic rings. The van der Waals surface area contributed by atoms with Crippen LogP contribution in [0.3, 0.4) is 0 Å². The first-order valence-electron chi connectivity index (χ1n) is 5.47. The fourth-order valence-electron chi connectivity index (χ4n) is 2.12. The van der Waals surface area contributed by atoms with Gasteiger partial charge in [0.05, 0.1) is 5.75 Å². The van der Waals surface area contributed by atoms with E-state index in [4.69, 9.17) is 5.73 Å². The lowest BCUT2D eigenvalue weighted by Crippen LogP contribution is -2.39. The van der Waals surface area contributed by atoms with Crippen molar-refractivity contribution in [1.29, 1.82) is 0 Å². The topological polar surface area (TPSA) is 63.4 Å². The van der Waals surface area contributed by atoms with Crippen molar-refractivity contribution < 1.29 is 8.42 Å². The molecule has 0 saturated carbocycles. The van der Waals surface area contributed by atoms with Crippen LogP contribution in [0.25, 0.3) is 0 Å². The van der Waals surface area contributed by atoms with E-state index in [9.17, 15) is 8.42 Å². The molecular formula is C10H22N2O2S. The van der Waals surface area contributed by atoms with Crippen molar-refractivity contribution in [2.24, 2.45) is 11.7 Å². The van der Waals surface area contributed by atoms with Crippen molar-refractivity contribution in [3.8, 4) is 0 Å². The van der Waals surface area contributed by atoms with Crippen LogP contribution >= 0.6 is 0 Å². The van der Waals surface area contributed by atoms with Crippen molar-refractivity contribution in [3.05, 3.63) is 0 Å². The number of nitrogens with zero attached hydrogens (tertiary/aromatic N) is 1. The predicted molar refractivity (Wildman–Crippen MR) is 62.5 cm³/mol. The summed E-state index contributed by atoms with van der Waals surface area (Å²) in [7, 11) is -2.94. The molecule has 1 heterocycles. The quantitative estimate of drug-likeness (QED) is 0.749. The molecular weight excluding hydrogens is 212 g/mol. The first kappa shape index (κ1) is 12.9. The minimum atomic E-state index is -2.94. The molecule has 90 valence electrons. The van der Waals surface area contributed by atoms with Crippen LogP contribution < -0.4 is 5.73 Å². The van der Waals surface area contributed by atoms with Crippen molar-refractivity contribution in [3.63, 3.8) is 0 Å². The number of sulfone groups is 1. The Hall–Kier alpha value is -0.130. The van der Waals surface area contributed by atoms with Crippen LogP contribution in [0.5, 0.6) is 0 Å². The van der Waals surface area contributed by atoms with E-state index >= 15 is 0 Å². The van der Waals surface area contributed by atoms with Gasteiger partial charge in [-0.05, 0) is 32.7 Å². The van der Waals surface area contributed by atoms with Crippen LogP contribution in [0.1, 0.15) is 20.3 Å². The lowest BCUT2D eigenvalue weighted by Gasteiger charge is -2.22. The van der Waals surface area contributed by atoms with Crippen molar-refractivity contribution in [1.82, 2.24) is 4.90 Å². The van der Waals surface area contributed by atoms with E-state index in [1.807, 2.05) is 0 Å². The van der Waals surface area contributed by atoms with Gasteiger partial charge in [-0.2, -0.15) is 0 Å². The minimum absolute atomic E-state index is 0.115. The Morgan fingerprint density at radius 2 is 2.07 bits per heavy atom. The molecule has 0 radical (unpaired) electrons. The van der Waals surface area contributed by atoms with Gasteiger partial charge in [-0.25, -0.2) is 8.42 Å². The van der Waals surface area contributed by atoms with Gasteiger partial charge < -0.3 is 10.6 Å². The number of likely N-dealkylation sites (tertiary alicyclic amines) is 1. The Kier molecular flexibility index (Phi) is 4.14. The molecule has 1 saturated heterocycles. The number of hydrogen-bond donors (Lipinski definition) is 1. The Morgan fingerprint density at radius 1 is 1.47 bits per heavy atom. The molecule has 15 heavy (non-hydrogen) atoms. The lowest BCUT2D eigenvalue weighted by atomic mass is 10.0. The Balaban J connectivity index is 2.47. The summed E-state index contributed by atoms with van der Waals surface area (Å²) in [4.78, 5) is 2.35. The Morgan fingerprint density at radius 3 is 2.47 bits per heavy atom. The predicted octanol–water partition coefficient (Wildman–Crippen LogP) is 0.0886. The fraction of sp³-hybridized carbons (Fsp3) is 1.00. The maximum atomic E-state index is 11.1. The molecule has 0 amide bonds. The van der Waals surface area contributed by atoms with Gasteiger partial charge in [-0.15, -0.1) is 0 Å². The molecule has 2 unspecified atom stereocenters. The Bertz CT molecular complexity index is 301. The number of hydrogen-bond acceptors (Lipinski definition) is 4. The second kappa shape index (κ2) is 4.80. The highest BCUT2D eigenvalue weighted by Gasteiger charge is 2.30. The average molecular weight is 234 g/mol. The van der Waals surface area contributed by atoms with E-state index in [-0.39, 0.29) is 11.8 Å². The van der Waals surface area contributed by atoms with Gasteiger partial charge in [0.25, 0.3) is 0 Å². The molecule has 5 heteroatoms.